The van der Waals surface area contributed by atoms with Crippen LogP contribution in [0.2, 0.25) is 0 Å². The van der Waals surface area contributed by atoms with Crippen molar-refractivity contribution in [2.45, 2.75) is 0 Å². The molecule has 0 aliphatic carbocycles. The van der Waals surface area contributed by atoms with Gasteiger partial charge in [0.25, 0.3) is 6.01 Å². The molecule has 38 valence electrons. The van der Waals surface area contributed by atoms with E-state index in [-0.39, 0.29) is 0 Å². The molecule has 0 aliphatic rings. The van der Waals surface area contributed by atoms with Gasteiger partial charge in [-0.25, -0.2) is 4.39 Å². The summed E-state index contributed by atoms with van der Waals surface area (Å²) >= 11 is 0. The predicted molar refractivity (Wildman–Crippen MR) is 18.6 cm³/mol. The molecule has 0 spiro atoms. The molecule has 0 aliphatic heterocycles. The van der Waals surface area contributed by atoms with E-state index in [4.69, 9.17) is 0 Å². The Labute approximate surface area is 38.6 Å². The summed E-state index contributed by atoms with van der Waals surface area (Å²) in [6.07, 6.45) is 0.704. The van der Waals surface area contributed by atoms with E-state index in [1.807, 2.05) is 0 Å². The Morgan fingerprint density at radius 1 is 1.43 bits per heavy atom. The highest BCUT2D eigenvalue weighted by Crippen LogP contribution is 2.01. The largest absolute Gasteiger partial charge is 0.436 e. The molecular formula is C4H2F2O. The van der Waals surface area contributed by atoms with Crippen LogP contribution in [0.3, 0.4) is 0 Å². The summed E-state index contributed by atoms with van der Waals surface area (Å²) in [5.74, 6) is -0.683. The van der Waals surface area contributed by atoms with Crippen molar-refractivity contribution in [3.8, 4) is 0 Å². The van der Waals surface area contributed by atoms with Crippen LogP contribution in [-0.4, -0.2) is 0 Å². The molecule has 0 radical (unpaired) electrons. The van der Waals surface area contributed by atoms with Gasteiger partial charge in [0, 0.05) is 0 Å². The zero-order valence-electron chi connectivity index (χ0n) is 3.32. The van der Waals surface area contributed by atoms with E-state index >= 15 is 0 Å². The standard InChI is InChI=1S/C4H2F2O/c5-3-1-4(6)7-2-3/h1-2H. The molecule has 1 rings (SSSR count). The minimum absolute atomic E-state index is 0.667. The van der Waals surface area contributed by atoms with Crippen LogP contribution in [0.15, 0.2) is 16.7 Å². The van der Waals surface area contributed by atoms with E-state index in [9.17, 15) is 8.78 Å². The summed E-state index contributed by atoms with van der Waals surface area (Å²) in [6, 6.07) is -0.225. The van der Waals surface area contributed by atoms with E-state index < -0.39 is 11.8 Å². The fourth-order valence-corrected chi connectivity index (χ4v) is 0.289. The summed E-state index contributed by atoms with van der Waals surface area (Å²) in [7, 11) is 0. The molecule has 1 heterocycles. The normalized spacial score (nSPS) is 9.43. The van der Waals surface area contributed by atoms with Crippen LogP contribution in [0.25, 0.3) is 0 Å². The molecule has 1 nitrogen and oxygen atoms in total. The quantitative estimate of drug-likeness (QED) is 0.486. The first-order chi connectivity index (χ1) is 3.29. The van der Waals surface area contributed by atoms with E-state index in [1.54, 1.807) is 0 Å². The third kappa shape index (κ3) is 0.765. The molecular weight excluding hydrogens is 102 g/mol. The first kappa shape index (κ1) is 4.30. The zero-order chi connectivity index (χ0) is 5.28. The van der Waals surface area contributed by atoms with Crippen LogP contribution in [0, 0.1) is 11.8 Å². The Kier molecular flexibility index (Phi) is 0.817. The molecule has 0 unspecified atom stereocenters. The molecule has 0 N–H and O–H groups in total. The number of furan rings is 1. The first-order valence-electron chi connectivity index (χ1n) is 1.68. The Balaban J connectivity index is 3.04. The van der Waals surface area contributed by atoms with Gasteiger partial charge in [-0.2, -0.15) is 4.39 Å². The topological polar surface area (TPSA) is 13.1 Å². The van der Waals surface area contributed by atoms with Crippen LogP contribution in [0.4, 0.5) is 8.78 Å². The maximum atomic E-state index is 11.6. The number of hydrogen-bond donors (Lipinski definition) is 0. The maximum Gasteiger partial charge on any atom is 0.280 e. The highest BCUT2D eigenvalue weighted by atomic mass is 19.1. The van der Waals surface area contributed by atoms with Crippen LogP contribution in [0.1, 0.15) is 0 Å². The lowest BCUT2D eigenvalue weighted by Gasteiger charge is -1.63. The van der Waals surface area contributed by atoms with Gasteiger partial charge in [-0.1, -0.05) is 0 Å². The summed E-state index contributed by atoms with van der Waals surface area (Å²) in [4.78, 5) is 0. The second kappa shape index (κ2) is 1.33. The van der Waals surface area contributed by atoms with Crippen molar-refractivity contribution in [3.63, 3.8) is 0 Å². The molecule has 0 amide bonds. The second-order valence-electron chi connectivity index (χ2n) is 1.07. The van der Waals surface area contributed by atoms with E-state index in [2.05, 4.69) is 4.42 Å². The van der Waals surface area contributed by atoms with Gasteiger partial charge < -0.3 is 4.42 Å². The lowest BCUT2D eigenvalue weighted by molar-refractivity contribution is 0.357. The van der Waals surface area contributed by atoms with Gasteiger partial charge in [-0.3, -0.25) is 0 Å². The first-order valence-corrected chi connectivity index (χ1v) is 1.68. The van der Waals surface area contributed by atoms with Crippen LogP contribution < -0.4 is 0 Å². The zero-order valence-corrected chi connectivity index (χ0v) is 3.32. The van der Waals surface area contributed by atoms with Crippen molar-refractivity contribution in [2.75, 3.05) is 0 Å². The van der Waals surface area contributed by atoms with Gasteiger partial charge in [0.2, 0.25) is 0 Å². The average Bonchev–Trinajstić information content (AvgIpc) is 1.87. The summed E-state index contributed by atoms with van der Waals surface area (Å²) in [6.45, 7) is 0. The third-order valence-electron chi connectivity index (χ3n) is 0.535. The molecule has 0 saturated carbocycles. The fraction of sp³-hybridized carbons (Fsp3) is 0. The average molecular weight is 104 g/mol. The lowest BCUT2D eigenvalue weighted by Crippen LogP contribution is -1.55. The monoisotopic (exact) mass is 104 g/mol. The molecule has 0 aromatic carbocycles. The fourth-order valence-electron chi connectivity index (χ4n) is 0.289. The predicted octanol–water partition coefficient (Wildman–Crippen LogP) is 1.56. The maximum absolute atomic E-state index is 11.6. The number of halogens is 2. The molecule has 0 fully saturated rings. The Bertz CT molecular complexity index is 142. The van der Waals surface area contributed by atoms with Crippen LogP contribution in [0.5, 0.6) is 0 Å². The van der Waals surface area contributed by atoms with Crippen molar-refractivity contribution >= 4 is 0 Å². The van der Waals surface area contributed by atoms with Gasteiger partial charge >= 0.3 is 0 Å². The summed E-state index contributed by atoms with van der Waals surface area (Å²) in [5, 5.41) is 0. The number of rotatable bonds is 0. The summed E-state index contributed by atoms with van der Waals surface area (Å²) in [5.41, 5.74) is 0. The van der Waals surface area contributed by atoms with E-state index in [0.717, 1.165) is 0 Å². The Morgan fingerprint density at radius 3 is 2.29 bits per heavy atom. The molecule has 1 aromatic rings. The SMILES string of the molecule is Fc1coc(F)c1. The van der Waals surface area contributed by atoms with Crippen molar-refractivity contribution in [2.24, 2.45) is 0 Å². The minimum Gasteiger partial charge on any atom is -0.436 e. The molecule has 1 aromatic heterocycles. The molecule has 3 heteroatoms. The third-order valence-corrected chi connectivity index (χ3v) is 0.535. The summed E-state index contributed by atoms with van der Waals surface area (Å²) < 4.78 is 27.0. The van der Waals surface area contributed by atoms with E-state index in [0.29, 0.717) is 12.3 Å². The van der Waals surface area contributed by atoms with E-state index in [1.165, 1.54) is 0 Å². The molecule has 0 bridgehead atoms. The minimum atomic E-state index is -0.891. The smallest absolute Gasteiger partial charge is 0.280 e. The van der Waals surface area contributed by atoms with Crippen molar-refractivity contribution < 1.29 is 13.2 Å². The molecule has 0 saturated heterocycles. The Morgan fingerprint density at radius 2 is 2.14 bits per heavy atom. The van der Waals surface area contributed by atoms with Crippen LogP contribution in [-0.2, 0) is 0 Å². The van der Waals surface area contributed by atoms with Crippen molar-refractivity contribution in [3.05, 3.63) is 24.2 Å². The second-order valence-corrected chi connectivity index (χ2v) is 1.07. The van der Waals surface area contributed by atoms with Crippen molar-refractivity contribution in [1.82, 2.24) is 0 Å². The van der Waals surface area contributed by atoms with Crippen molar-refractivity contribution in [1.29, 1.82) is 0 Å². The molecule has 0 atom stereocenters. The highest BCUT2D eigenvalue weighted by Gasteiger charge is 1.94. The van der Waals surface area contributed by atoms with Gasteiger partial charge in [0.1, 0.15) is 6.26 Å². The molecule has 7 heavy (non-hydrogen) atoms. The van der Waals surface area contributed by atoms with Gasteiger partial charge in [0.15, 0.2) is 5.82 Å². The Hall–Kier alpha value is -0.860. The lowest BCUT2D eigenvalue weighted by atomic mass is 10.6. The van der Waals surface area contributed by atoms with Gasteiger partial charge in [0.05, 0.1) is 6.07 Å². The van der Waals surface area contributed by atoms with Crippen LogP contribution >= 0.6 is 0 Å². The highest BCUT2D eigenvalue weighted by molar-refractivity contribution is 4.87. The van der Waals surface area contributed by atoms with Gasteiger partial charge in [-0.05, 0) is 0 Å². The van der Waals surface area contributed by atoms with Gasteiger partial charge in [-0.15, -0.1) is 0 Å². The number of hydrogen-bond acceptors (Lipinski definition) is 1.